The van der Waals surface area contributed by atoms with Gasteiger partial charge in [-0.05, 0) is 62.8 Å². The minimum atomic E-state index is -0.150. The van der Waals surface area contributed by atoms with E-state index in [0.29, 0.717) is 0 Å². The van der Waals surface area contributed by atoms with Gasteiger partial charge in [-0.25, -0.2) is 0 Å². The summed E-state index contributed by atoms with van der Waals surface area (Å²) < 4.78 is 4.81. The number of ether oxygens (including phenoxy) is 1. The second kappa shape index (κ2) is 9.08. The molecule has 2 aliphatic rings. The van der Waals surface area contributed by atoms with E-state index in [1.54, 1.807) is 0 Å². The van der Waals surface area contributed by atoms with Crippen LogP contribution in [-0.2, 0) is 14.3 Å². The van der Waals surface area contributed by atoms with Gasteiger partial charge in [0, 0.05) is 36.3 Å². The van der Waals surface area contributed by atoms with Gasteiger partial charge in [-0.2, -0.15) is 0 Å². The number of methoxy groups -OCH3 is 1. The lowest BCUT2D eigenvalue weighted by atomic mass is 9.81. The van der Waals surface area contributed by atoms with Crippen molar-refractivity contribution in [1.29, 1.82) is 5.41 Å². The number of amides is 1. The molecule has 0 radical (unpaired) electrons. The number of esters is 1. The molecule has 4 N–H and O–H groups in total. The van der Waals surface area contributed by atoms with Crippen LogP contribution in [0.1, 0.15) is 44.1 Å². The molecule has 1 aliphatic heterocycles. The maximum atomic E-state index is 12.6. The van der Waals surface area contributed by atoms with Gasteiger partial charge in [0.25, 0.3) is 0 Å². The molecule has 1 amide bonds. The van der Waals surface area contributed by atoms with Crippen LogP contribution < -0.4 is 16.0 Å². The minimum Gasteiger partial charge on any atom is -0.469 e. The van der Waals surface area contributed by atoms with Crippen molar-refractivity contribution < 1.29 is 14.3 Å². The Labute approximate surface area is 166 Å². The van der Waals surface area contributed by atoms with E-state index in [9.17, 15) is 9.59 Å². The number of rotatable bonds is 5. The zero-order valence-electron chi connectivity index (χ0n) is 16.4. The molecule has 0 bridgehead atoms. The Morgan fingerprint density at radius 3 is 2.14 bits per heavy atom. The topological polar surface area (TPSA) is 109 Å². The predicted molar refractivity (Wildman–Crippen MR) is 108 cm³/mol. The average molecular weight is 386 g/mol. The first-order chi connectivity index (χ1) is 13.5. The summed E-state index contributed by atoms with van der Waals surface area (Å²) in [6.45, 7) is 1.78. The number of nitrogens with two attached hydrogens (primary N) is 1. The SMILES string of the molecule is COC(=O)[C@H]1CC[C@H](C(=O)NC2CCN(c3ccc(C(=N)N)cc3)CC2)CC1. The highest BCUT2D eigenvalue weighted by Gasteiger charge is 2.31. The Hall–Kier alpha value is -2.57. The zero-order chi connectivity index (χ0) is 20.1. The van der Waals surface area contributed by atoms with Crippen molar-refractivity contribution in [3.8, 4) is 0 Å². The molecule has 1 heterocycles. The number of nitrogens with zero attached hydrogens (tertiary/aromatic N) is 1. The zero-order valence-corrected chi connectivity index (χ0v) is 16.4. The fraction of sp³-hybridized carbons (Fsp3) is 0.571. The molecule has 1 saturated heterocycles. The summed E-state index contributed by atoms with van der Waals surface area (Å²) in [7, 11) is 1.42. The molecule has 152 valence electrons. The van der Waals surface area contributed by atoms with Crippen LogP contribution in [-0.4, -0.2) is 44.0 Å². The van der Waals surface area contributed by atoms with Crippen molar-refractivity contribution in [2.45, 2.75) is 44.6 Å². The first-order valence-electron chi connectivity index (χ1n) is 10.1. The first kappa shape index (κ1) is 20.2. The van der Waals surface area contributed by atoms with E-state index in [1.807, 2.05) is 24.3 Å². The molecule has 3 rings (SSSR count). The number of carbonyl (C=O) groups excluding carboxylic acids is 2. The Morgan fingerprint density at radius 2 is 1.61 bits per heavy atom. The third kappa shape index (κ3) is 4.82. The maximum Gasteiger partial charge on any atom is 0.308 e. The molecular formula is C21H30N4O3. The summed E-state index contributed by atoms with van der Waals surface area (Å²) in [6.07, 6.45) is 4.81. The van der Waals surface area contributed by atoms with Crippen LogP contribution in [0.3, 0.4) is 0 Å². The molecule has 0 spiro atoms. The van der Waals surface area contributed by atoms with Crippen molar-refractivity contribution >= 4 is 23.4 Å². The standard InChI is InChI=1S/C21H30N4O3/c1-28-21(27)16-4-2-15(3-5-16)20(26)24-17-10-12-25(13-11-17)18-8-6-14(7-9-18)19(22)23/h6-9,15-17H,2-5,10-13H2,1H3,(H3,22,23)(H,24,26)/t15-,16-. The molecule has 28 heavy (non-hydrogen) atoms. The van der Waals surface area contributed by atoms with E-state index in [0.717, 1.165) is 62.9 Å². The Bertz CT molecular complexity index is 703. The minimum absolute atomic E-state index is 0.0121. The van der Waals surface area contributed by atoms with Crippen LogP contribution in [0, 0.1) is 17.2 Å². The van der Waals surface area contributed by atoms with Crippen molar-refractivity contribution in [3.63, 3.8) is 0 Å². The molecule has 1 aromatic rings. The quantitative estimate of drug-likeness (QED) is 0.408. The van der Waals surface area contributed by atoms with Gasteiger partial charge in [-0.3, -0.25) is 15.0 Å². The number of hydrogen-bond acceptors (Lipinski definition) is 5. The van der Waals surface area contributed by atoms with Crippen LogP contribution in [0.25, 0.3) is 0 Å². The van der Waals surface area contributed by atoms with E-state index >= 15 is 0 Å². The lowest BCUT2D eigenvalue weighted by Crippen LogP contribution is -2.47. The van der Waals surface area contributed by atoms with Gasteiger partial charge < -0.3 is 20.7 Å². The van der Waals surface area contributed by atoms with Crippen LogP contribution in [0.2, 0.25) is 0 Å². The molecule has 7 heteroatoms. The van der Waals surface area contributed by atoms with E-state index < -0.39 is 0 Å². The number of nitrogen functional groups attached to an aromatic ring is 1. The van der Waals surface area contributed by atoms with Crippen molar-refractivity contribution in [3.05, 3.63) is 29.8 Å². The summed E-state index contributed by atoms with van der Waals surface area (Å²) in [5.74, 6) is 0.0217. The van der Waals surface area contributed by atoms with Crippen LogP contribution >= 0.6 is 0 Å². The van der Waals surface area contributed by atoms with Gasteiger partial charge in [-0.1, -0.05) is 0 Å². The molecule has 1 saturated carbocycles. The second-order valence-corrected chi connectivity index (χ2v) is 7.80. The first-order valence-corrected chi connectivity index (χ1v) is 10.1. The predicted octanol–water partition coefficient (Wildman–Crippen LogP) is 2.04. The van der Waals surface area contributed by atoms with Crippen molar-refractivity contribution in [2.75, 3.05) is 25.1 Å². The van der Waals surface area contributed by atoms with Gasteiger partial charge in [0.2, 0.25) is 5.91 Å². The molecule has 0 atom stereocenters. The van der Waals surface area contributed by atoms with Gasteiger partial charge in [0.1, 0.15) is 5.84 Å². The summed E-state index contributed by atoms with van der Waals surface area (Å²) in [6, 6.07) is 7.94. The molecule has 2 fully saturated rings. The summed E-state index contributed by atoms with van der Waals surface area (Å²) in [4.78, 5) is 26.5. The summed E-state index contributed by atoms with van der Waals surface area (Å²) >= 11 is 0. The average Bonchev–Trinajstić information content (AvgIpc) is 2.74. The molecular weight excluding hydrogens is 356 g/mol. The highest BCUT2D eigenvalue weighted by atomic mass is 16.5. The number of benzene rings is 1. The molecule has 0 unspecified atom stereocenters. The van der Waals surface area contributed by atoms with Gasteiger partial charge in [0.15, 0.2) is 0 Å². The Morgan fingerprint density at radius 1 is 1.04 bits per heavy atom. The highest BCUT2D eigenvalue weighted by Crippen LogP contribution is 2.30. The third-order valence-corrected chi connectivity index (χ3v) is 6.02. The highest BCUT2D eigenvalue weighted by molar-refractivity contribution is 5.95. The van der Waals surface area contributed by atoms with E-state index in [-0.39, 0.29) is 35.6 Å². The molecule has 1 aliphatic carbocycles. The second-order valence-electron chi connectivity index (χ2n) is 7.80. The Balaban J connectivity index is 1.43. The van der Waals surface area contributed by atoms with Gasteiger partial charge in [-0.15, -0.1) is 0 Å². The van der Waals surface area contributed by atoms with Crippen LogP contribution in [0.5, 0.6) is 0 Å². The van der Waals surface area contributed by atoms with Crippen molar-refractivity contribution in [2.24, 2.45) is 17.6 Å². The number of amidine groups is 1. The number of piperidine rings is 1. The monoisotopic (exact) mass is 386 g/mol. The normalized spacial score (nSPS) is 23.1. The largest absolute Gasteiger partial charge is 0.469 e. The lowest BCUT2D eigenvalue weighted by molar-refractivity contribution is -0.147. The Kier molecular flexibility index (Phi) is 6.54. The van der Waals surface area contributed by atoms with Crippen molar-refractivity contribution in [1.82, 2.24) is 5.32 Å². The van der Waals surface area contributed by atoms with E-state index in [2.05, 4.69) is 10.2 Å². The summed E-state index contributed by atoms with van der Waals surface area (Å²) in [5.41, 5.74) is 7.35. The van der Waals surface area contributed by atoms with E-state index in [4.69, 9.17) is 15.9 Å². The third-order valence-electron chi connectivity index (χ3n) is 6.02. The van der Waals surface area contributed by atoms with Gasteiger partial charge >= 0.3 is 5.97 Å². The molecule has 1 aromatic carbocycles. The number of hydrogen-bond donors (Lipinski definition) is 3. The number of anilines is 1. The number of nitrogens with one attached hydrogen (secondary N) is 2. The fourth-order valence-corrected chi connectivity index (χ4v) is 4.21. The fourth-order valence-electron chi connectivity index (χ4n) is 4.21. The summed E-state index contributed by atoms with van der Waals surface area (Å²) in [5, 5.41) is 10.7. The smallest absolute Gasteiger partial charge is 0.308 e. The van der Waals surface area contributed by atoms with Crippen LogP contribution in [0.15, 0.2) is 24.3 Å². The maximum absolute atomic E-state index is 12.6. The molecule has 7 nitrogen and oxygen atoms in total. The number of carbonyl (C=O) groups is 2. The van der Waals surface area contributed by atoms with E-state index in [1.165, 1.54) is 7.11 Å². The van der Waals surface area contributed by atoms with Gasteiger partial charge in [0.05, 0.1) is 13.0 Å². The van der Waals surface area contributed by atoms with Crippen LogP contribution in [0.4, 0.5) is 5.69 Å². The molecule has 0 aromatic heterocycles. The lowest BCUT2D eigenvalue weighted by Gasteiger charge is -2.35.